The maximum absolute atomic E-state index is 13.5. The second kappa shape index (κ2) is 10.6. The Morgan fingerprint density at radius 3 is 2.41 bits per heavy atom. The number of benzene rings is 3. The fourth-order valence-electron chi connectivity index (χ4n) is 4.83. The van der Waals surface area contributed by atoms with E-state index in [0.717, 1.165) is 23.3 Å². The number of fused-ring (bicyclic) bond motifs is 1. The van der Waals surface area contributed by atoms with E-state index in [0.29, 0.717) is 17.0 Å². The Balaban J connectivity index is 1.50. The van der Waals surface area contributed by atoms with Gasteiger partial charge in [-0.2, -0.15) is 0 Å². The first kappa shape index (κ1) is 26.7. The topological polar surface area (TPSA) is 66.8 Å². The van der Waals surface area contributed by atoms with Gasteiger partial charge in [0.15, 0.2) is 0 Å². The molecule has 1 N–H and O–H groups in total. The van der Waals surface area contributed by atoms with Crippen LogP contribution in [-0.2, 0) is 29.6 Å². The quantitative estimate of drug-likeness (QED) is 0.360. The fraction of sp³-hybridized carbons (Fsp3) is 0.355. The van der Waals surface area contributed by atoms with Crippen LogP contribution in [0.25, 0.3) is 0 Å². The zero-order valence-electron chi connectivity index (χ0n) is 21.9. The molecular formula is C31H34ClNO4. The lowest BCUT2D eigenvalue weighted by Gasteiger charge is -2.25. The van der Waals surface area contributed by atoms with Gasteiger partial charge in [0.25, 0.3) is 5.91 Å². The van der Waals surface area contributed by atoms with Crippen LogP contribution in [0.3, 0.4) is 0 Å². The third-order valence-corrected chi connectivity index (χ3v) is 7.01. The molecule has 0 aliphatic carbocycles. The summed E-state index contributed by atoms with van der Waals surface area (Å²) in [4.78, 5) is 26.3. The van der Waals surface area contributed by atoms with E-state index in [1.165, 1.54) is 11.1 Å². The summed E-state index contributed by atoms with van der Waals surface area (Å²) in [7, 11) is 0. The lowest BCUT2D eigenvalue weighted by molar-refractivity contribution is -0.137. The number of hydrogen-bond acceptors (Lipinski definition) is 3. The maximum Gasteiger partial charge on any atom is 0.305 e. The Morgan fingerprint density at radius 2 is 1.76 bits per heavy atom. The Morgan fingerprint density at radius 1 is 1.03 bits per heavy atom. The van der Waals surface area contributed by atoms with E-state index >= 15 is 0 Å². The average molecular weight is 520 g/mol. The van der Waals surface area contributed by atoms with Gasteiger partial charge in [-0.25, -0.2) is 0 Å². The highest BCUT2D eigenvalue weighted by Gasteiger charge is 2.35. The molecule has 1 aliphatic rings. The highest BCUT2D eigenvalue weighted by molar-refractivity contribution is 6.30. The van der Waals surface area contributed by atoms with Crippen LogP contribution in [0.1, 0.15) is 66.7 Å². The molecule has 5 nitrogen and oxygen atoms in total. The SMILES string of the molecule is CC1(Cc2ccc(C(C)(C)C)cc2)Cc2cc(C(=O)N(CCC(=O)O)Cc3cccc(Cl)c3)ccc2O1. The molecule has 1 unspecified atom stereocenters. The molecule has 0 radical (unpaired) electrons. The highest BCUT2D eigenvalue weighted by Crippen LogP contribution is 2.38. The summed E-state index contributed by atoms with van der Waals surface area (Å²) >= 11 is 6.12. The van der Waals surface area contributed by atoms with Gasteiger partial charge in [-0.05, 0) is 64.9 Å². The Kier molecular flexibility index (Phi) is 7.65. The second-order valence-electron chi connectivity index (χ2n) is 11.2. The van der Waals surface area contributed by atoms with Crippen molar-refractivity contribution in [2.75, 3.05) is 6.54 Å². The molecule has 0 saturated heterocycles. The molecule has 1 heterocycles. The molecule has 0 bridgehead atoms. The summed E-state index contributed by atoms with van der Waals surface area (Å²) < 4.78 is 6.36. The lowest BCUT2D eigenvalue weighted by atomic mass is 9.85. The Labute approximate surface area is 224 Å². The van der Waals surface area contributed by atoms with Crippen LogP contribution >= 0.6 is 11.6 Å². The molecule has 194 valence electrons. The van der Waals surface area contributed by atoms with Crippen LogP contribution in [0.15, 0.2) is 66.7 Å². The summed E-state index contributed by atoms with van der Waals surface area (Å²) in [6.07, 6.45) is 1.31. The van der Waals surface area contributed by atoms with Crippen molar-refractivity contribution >= 4 is 23.5 Å². The number of carboxylic acids is 1. The molecular weight excluding hydrogens is 486 g/mol. The first-order chi connectivity index (χ1) is 17.4. The molecule has 1 amide bonds. The van der Waals surface area contributed by atoms with Gasteiger partial charge < -0.3 is 14.7 Å². The molecule has 1 atom stereocenters. The first-order valence-electron chi connectivity index (χ1n) is 12.6. The van der Waals surface area contributed by atoms with Crippen LogP contribution in [0, 0.1) is 0 Å². The lowest BCUT2D eigenvalue weighted by Crippen LogP contribution is -2.33. The summed E-state index contributed by atoms with van der Waals surface area (Å²) in [5, 5.41) is 9.78. The molecule has 0 fully saturated rings. The number of ether oxygens (including phenoxy) is 1. The van der Waals surface area contributed by atoms with E-state index in [1.54, 1.807) is 23.1 Å². The predicted octanol–water partition coefficient (Wildman–Crippen LogP) is 6.69. The highest BCUT2D eigenvalue weighted by atomic mass is 35.5. The summed E-state index contributed by atoms with van der Waals surface area (Å²) in [5.74, 6) is -0.370. The van der Waals surface area contributed by atoms with E-state index in [2.05, 4.69) is 52.0 Å². The predicted molar refractivity (Wildman–Crippen MR) is 146 cm³/mol. The number of carbonyl (C=O) groups excluding carboxylic acids is 1. The zero-order valence-corrected chi connectivity index (χ0v) is 22.6. The maximum atomic E-state index is 13.5. The monoisotopic (exact) mass is 519 g/mol. The van der Waals surface area contributed by atoms with Crippen LogP contribution in [0.2, 0.25) is 5.02 Å². The Hall–Kier alpha value is -3.31. The van der Waals surface area contributed by atoms with Gasteiger partial charge in [-0.1, -0.05) is 68.8 Å². The number of rotatable bonds is 8. The minimum Gasteiger partial charge on any atom is -0.487 e. The fourth-order valence-corrected chi connectivity index (χ4v) is 5.04. The van der Waals surface area contributed by atoms with Gasteiger partial charge in [0.2, 0.25) is 0 Å². The van der Waals surface area contributed by atoms with Gasteiger partial charge in [0, 0.05) is 36.5 Å². The van der Waals surface area contributed by atoms with Crippen LogP contribution < -0.4 is 4.74 Å². The van der Waals surface area contributed by atoms with E-state index in [-0.39, 0.29) is 30.8 Å². The largest absolute Gasteiger partial charge is 0.487 e. The summed E-state index contributed by atoms with van der Waals surface area (Å²) in [6, 6.07) is 21.5. The summed E-state index contributed by atoms with van der Waals surface area (Å²) in [6.45, 7) is 9.10. The third kappa shape index (κ3) is 6.72. The van der Waals surface area contributed by atoms with Crippen molar-refractivity contribution in [1.29, 1.82) is 0 Å². The molecule has 1 aliphatic heterocycles. The van der Waals surface area contributed by atoms with Gasteiger partial charge in [-0.3, -0.25) is 9.59 Å². The number of nitrogens with zero attached hydrogens (tertiary/aromatic N) is 1. The van der Waals surface area contributed by atoms with Crippen molar-refractivity contribution in [3.63, 3.8) is 0 Å². The molecule has 0 saturated carbocycles. The van der Waals surface area contributed by atoms with Crippen molar-refractivity contribution in [3.05, 3.63) is 99.6 Å². The number of carbonyl (C=O) groups is 2. The normalized spacial score (nSPS) is 16.7. The molecule has 0 spiro atoms. The number of amides is 1. The van der Waals surface area contributed by atoms with Gasteiger partial charge >= 0.3 is 5.97 Å². The zero-order chi connectivity index (χ0) is 26.8. The minimum atomic E-state index is -0.947. The smallest absolute Gasteiger partial charge is 0.305 e. The van der Waals surface area contributed by atoms with Crippen molar-refractivity contribution < 1.29 is 19.4 Å². The van der Waals surface area contributed by atoms with Crippen LogP contribution in [0.5, 0.6) is 5.75 Å². The molecule has 3 aromatic rings. The Bertz CT molecular complexity index is 1300. The van der Waals surface area contributed by atoms with E-state index in [1.807, 2.05) is 24.3 Å². The first-order valence-corrected chi connectivity index (χ1v) is 13.0. The van der Waals surface area contributed by atoms with Crippen molar-refractivity contribution in [1.82, 2.24) is 4.90 Å². The molecule has 3 aromatic carbocycles. The standard InChI is InChI=1S/C31H34ClNO4/c1-30(2,3)25-11-8-21(9-12-25)18-31(4)19-24-17-23(10-13-27(24)37-31)29(36)33(15-14-28(34)35)20-22-6-5-7-26(32)16-22/h5-13,16-17H,14-15,18-20H2,1-4H3,(H,34,35). The molecule has 37 heavy (non-hydrogen) atoms. The number of aliphatic carboxylic acids is 1. The second-order valence-corrected chi connectivity index (χ2v) is 11.6. The van der Waals surface area contributed by atoms with Gasteiger partial charge in [-0.15, -0.1) is 0 Å². The third-order valence-electron chi connectivity index (χ3n) is 6.77. The number of carboxylic acid groups (broad SMARTS) is 1. The van der Waals surface area contributed by atoms with E-state index in [4.69, 9.17) is 16.3 Å². The molecule has 0 aromatic heterocycles. The van der Waals surface area contributed by atoms with Crippen LogP contribution in [-0.4, -0.2) is 34.0 Å². The molecule has 6 heteroatoms. The van der Waals surface area contributed by atoms with Crippen molar-refractivity contribution in [3.8, 4) is 5.75 Å². The van der Waals surface area contributed by atoms with Crippen molar-refractivity contribution in [2.45, 2.75) is 64.5 Å². The number of hydrogen-bond donors (Lipinski definition) is 1. The molecule has 4 rings (SSSR count). The van der Waals surface area contributed by atoms with Gasteiger partial charge in [0.1, 0.15) is 11.4 Å². The minimum absolute atomic E-state index is 0.108. The van der Waals surface area contributed by atoms with E-state index < -0.39 is 11.6 Å². The van der Waals surface area contributed by atoms with Crippen LogP contribution in [0.4, 0.5) is 0 Å². The number of halogens is 1. The van der Waals surface area contributed by atoms with Crippen molar-refractivity contribution in [2.24, 2.45) is 0 Å². The van der Waals surface area contributed by atoms with Gasteiger partial charge in [0.05, 0.1) is 6.42 Å². The summed E-state index contributed by atoms with van der Waals surface area (Å²) in [5.41, 5.74) is 4.56. The average Bonchev–Trinajstić information content (AvgIpc) is 3.15. The van der Waals surface area contributed by atoms with E-state index in [9.17, 15) is 14.7 Å².